The summed E-state index contributed by atoms with van der Waals surface area (Å²) in [5, 5.41) is 13.4. The SMILES string of the molecule is COC1CN([C@H]2CC(CO[C@H]3CC[C@H](C(=O)O)CC3)N(C(=O)Cc3cc(Cl)c(NC(=O)c4coc5ccccc45)cc3Cl)C2)C1. The van der Waals surface area contributed by atoms with Gasteiger partial charge in [0.1, 0.15) is 11.8 Å². The molecule has 1 aliphatic carbocycles. The molecule has 45 heavy (non-hydrogen) atoms. The Balaban J connectivity index is 1.11. The summed E-state index contributed by atoms with van der Waals surface area (Å²) in [5.41, 5.74) is 1.88. The van der Waals surface area contributed by atoms with E-state index in [9.17, 15) is 19.5 Å². The van der Waals surface area contributed by atoms with E-state index in [2.05, 4.69) is 10.2 Å². The highest BCUT2D eigenvalue weighted by Gasteiger charge is 2.42. The molecule has 3 aliphatic rings. The summed E-state index contributed by atoms with van der Waals surface area (Å²) in [5.74, 6) is -1.51. The van der Waals surface area contributed by atoms with Gasteiger partial charge in [-0.3, -0.25) is 19.3 Å². The van der Waals surface area contributed by atoms with E-state index in [-0.39, 0.29) is 53.5 Å². The molecule has 2 aromatic carbocycles. The van der Waals surface area contributed by atoms with Crippen LogP contribution < -0.4 is 5.32 Å². The van der Waals surface area contributed by atoms with Crippen molar-refractivity contribution in [3.8, 4) is 0 Å². The highest BCUT2D eigenvalue weighted by Crippen LogP contribution is 2.34. The van der Waals surface area contributed by atoms with Crippen molar-refractivity contribution in [2.45, 2.75) is 62.8 Å². The van der Waals surface area contributed by atoms with E-state index in [1.807, 2.05) is 17.0 Å². The molecule has 0 radical (unpaired) electrons. The first-order valence-electron chi connectivity index (χ1n) is 15.4. The molecule has 2 saturated heterocycles. The predicted molar refractivity (Wildman–Crippen MR) is 170 cm³/mol. The van der Waals surface area contributed by atoms with Gasteiger partial charge in [0, 0.05) is 43.2 Å². The highest BCUT2D eigenvalue weighted by atomic mass is 35.5. The second-order valence-corrected chi connectivity index (χ2v) is 13.1. The minimum atomic E-state index is -0.742. The van der Waals surface area contributed by atoms with Crippen LogP contribution in [0.4, 0.5) is 5.69 Å². The number of anilines is 1. The Kier molecular flexibility index (Phi) is 9.68. The smallest absolute Gasteiger partial charge is 0.306 e. The third-order valence-corrected chi connectivity index (χ3v) is 10.1. The third kappa shape index (κ3) is 7.00. The number of carbonyl (C=O) groups excluding carboxylic acids is 2. The molecule has 3 heterocycles. The monoisotopic (exact) mass is 657 g/mol. The maximum absolute atomic E-state index is 13.8. The summed E-state index contributed by atoms with van der Waals surface area (Å²) in [4.78, 5) is 42.4. The Morgan fingerprint density at radius 3 is 2.51 bits per heavy atom. The Morgan fingerprint density at radius 1 is 1.02 bits per heavy atom. The van der Waals surface area contributed by atoms with Crippen LogP contribution in [0.1, 0.15) is 48.0 Å². The number of fused-ring (bicyclic) bond motifs is 1. The van der Waals surface area contributed by atoms with Gasteiger partial charge in [-0.25, -0.2) is 0 Å². The van der Waals surface area contributed by atoms with Gasteiger partial charge in [-0.15, -0.1) is 0 Å². The molecule has 1 aromatic heterocycles. The molecule has 6 rings (SSSR count). The van der Waals surface area contributed by atoms with Crippen molar-refractivity contribution in [1.82, 2.24) is 9.80 Å². The number of rotatable bonds is 10. The van der Waals surface area contributed by atoms with Gasteiger partial charge in [0.2, 0.25) is 5.91 Å². The van der Waals surface area contributed by atoms with Gasteiger partial charge in [-0.05, 0) is 55.9 Å². The molecule has 10 nitrogen and oxygen atoms in total. The summed E-state index contributed by atoms with van der Waals surface area (Å²) < 4.78 is 17.2. The Morgan fingerprint density at radius 2 is 1.78 bits per heavy atom. The summed E-state index contributed by atoms with van der Waals surface area (Å²) in [6.45, 7) is 2.64. The average molecular weight is 659 g/mol. The van der Waals surface area contributed by atoms with Gasteiger partial charge in [-0.2, -0.15) is 0 Å². The van der Waals surface area contributed by atoms with E-state index in [1.54, 1.807) is 31.4 Å². The first-order valence-corrected chi connectivity index (χ1v) is 16.1. The molecular formula is C33H37Cl2N3O7. The first kappa shape index (κ1) is 31.8. The van der Waals surface area contributed by atoms with Crippen molar-refractivity contribution in [2.24, 2.45) is 5.92 Å². The first-order chi connectivity index (χ1) is 21.7. The molecule has 1 saturated carbocycles. The van der Waals surface area contributed by atoms with Gasteiger partial charge in [-0.1, -0.05) is 41.4 Å². The molecule has 12 heteroatoms. The van der Waals surface area contributed by atoms with Crippen molar-refractivity contribution >= 4 is 57.6 Å². The van der Waals surface area contributed by atoms with Crippen molar-refractivity contribution in [2.75, 3.05) is 38.7 Å². The highest BCUT2D eigenvalue weighted by molar-refractivity contribution is 6.36. The maximum Gasteiger partial charge on any atom is 0.306 e. The molecular weight excluding hydrogens is 621 g/mol. The minimum Gasteiger partial charge on any atom is -0.481 e. The third-order valence-electron chi connectivity index (χ3n) is 9.44. The van der Waals surface area contributed by atoms with E-state index in [4.69, 9.17) is 37.1 Å². The van der Waals surface area contributed by atoms with Crippen LogP contribution in [0, 0.1) is 5.92 Å². The number of carboxylic acid groups (broad SMARTS) is 1. The molecule has 0 spiro atoms. The Bertz CT molecular complexity index is 1560. The number of methoxy groups -OCH3 is 1. The van der Waals surface area contributed by atoms with E-state index in [0.717, 1.165) is 19.5 Å². The quantitative estimate of drug-likeness (QED) is 0.293. The summed E-state index contributed by atoms with van der Waals surface area (Å²) in [7, 11) is 1.72. The van der Waals surface area contributed by atoms with Crippen LogP contribution in [0.3, 0.4) is 0 Å². The number of nitrogens with zero attached hydrogens (tertiary/aromatic N) is 2. The fourth-order valence-corrected chi connectivity index (χ4v) is 7.15. The summed E-state index contributed by atoms with van der Waals surface area (Å²) in [6.07, 6.45) is 5.07. The van der Waals surface area contributed by atoms with Crippen molar-refractivity contribution in [3.05, 3.63) is 63.8 Å². The summed E-state index contributed by atoms with van der Waals surface area (Å²) in [6, 6.07) is 10.5. The average Bonchev–Trinajstić information content (AvgIpc) is 3.63. The van der Waals surface area contributed by atoms with Crippen LogP contribution in [0.15, 0.2) is 47.1 Å². The lowest BCUT2D eigenvalue weighted by Crippen LogP contribution is -2.56. The van der Waals surface area contributed by atoms with Crippen LogP contribution in [-0.2, 0) is 25.5 Å². The molecule has 240 valence electrons. The van der Waals surface area contributed by atoms with E-state index < -0.39 is 5.97 Å². The largest absolute Gasteiger partial charge is 0.481 e. The van der Waals surface area contributed by atoms with E-state index in [0.29, 0.717) is 71.6 Å². The van der Waals surface area contributed by atoms with Gasteiger partial charge >= 0.3 is 5.97 Å². The number of amides is 2. The Labute approximate surface area is 271 Å². The molecule has 2 amide bonds. The number of para-hydroxylation sites is 1. The standard InChI is InChI=1S/C33H37Cl2N3O7/c1-43-24-15-37(16-24)21-12-22(17-44-23-8-6-19(7-9-23)33(41)42)38(14-21)31(39)11-20-10-28(35)29(13-27(20)34)36-32(40)26-18-45-30-5-3-2-4-25(26)30/h2-5,10,13,18-19,21-24H,6-9,11-12,14-17H2,1H3,(H,36,40)(H,41,42)/t19-,21-,22?,23-/m0/s1. The lowest BCUT2D eigenvalue weighted by molar-refractivity contribution is -0.144. The van der Waals surface area contributed by atoms with E-state index >= 15 is 0 Å². The number of halogens is 2. The second kappa shape index (κ2) is 13.7. The number of benzene rings is 2. The number of carboxylic acids is 1. The number of hydrogen-bond acceptors (Lipinski definition) is 7. The van der Waals surface area contributed by atoms with Gasteiger partial charge in [0.15, 0.2) is 0 Å². The number of aliphatic carboxylic acids is 1. The summed E-state index contributed by atoms with van der Waals surface area (Å²) >= 11 is 13.2. The van der Waals surface area contributed by atoms with Gasteiger partial charge < -0.3 is 29.2 Å². The zero-order valence-corrected chi connectivity index (χ0v) is 26.6. The number of hydrogen-bond donors (Lipinski definition) is 2. The van der Waals surface area contributed by atoms with Crippen molar-refractivity contribution in [3.63, 3.8) is 0 Å². The van der Waals surface area contributed by atoms with Crippen LogP contribution in [0.2, 0.25) is 10.0 Å². The molecule has 3 fully saturated rings. The van der Waals surface area contributed by atoms with Crippen LogP contribution in [-0.4, -0.2) is 90.3 Å². The molecule has 0 bridgehead atoms. The lowest BCUT2D eigenvalue weighted by Gasteiger charge is -2.42. The number of carbonyl (C=O) groups is 3. The van der Waals surface area contributed by atoms with Crippen molar-refractivity contribution < 1.29 is 33.4 Å². The zero-order valence-electron chi connectivity index (χ0n) is 25.0. The van der Waals surface area contributed by atoms with Crippen LogP contribution >= 0.6 is 23.2 Å². The number of likely N-dealkylation sites (tertiary alicyclic amines) is 2. The lowest BCUT2D eigenvalue weighted by atomic mass is 9.87. The molecule has 1 unspecified atom stereocenters. The minimum absolute atomic E-state index is 0.00507. The van der Waals surface area contributed by atoms with Crippen LogP contribution in [0.5, 0.6) is 0 Å². The number of nitrogens with one attached hydrogen (secondary N) is 1. The molecule has 3 aromatic rings. The topological polar surface area (TPSA) is 122 Å². The maximum atomic E-state index is 13.8. The molecule has 2 aliphatic heterocycles. The van der Waals surface area contributed by atoms with Gasteiger partial charge in [0.05, 0.1) is 53.5 Å². The normalized spacial score (nSPS) is 24.1. The van der Waals surface area contributed by atoms with Gasteiger partial charge in [0.25, 0.3) is 5.91 Å². The fourth-order valence-electron chi connectivity index (χ4n) is 6.69. The van der Waals surface area contributed by atoms with Crippen LogP contribution in [0.25, 0.3) is 11.0 Å². The van der Waals surface area contributed by atoms with Crippen molar-refractivity contribution in [1.29, 1.82) is 0 Å². The Hall–Kier alpha value is -3.15. The van der Waals surface area contributed by atoms with E-state index in [1.165, 1.54) is 6.26 Å². The predicted octanol–water partition coefficient (Wildman–Crippen LogP) is 5.49. The fraction of sp³-hybridized carbons (Fsp3) is 0.485. The second-order valence-electron chi connectivity index (χ2n) is 12.2. The number of furan rings is 1. The molecule has 2 N–H and O–H groups in total. The number of ether oxygens (including phenoxy) is 2. The molecule has 2 atom stereocenters. The zero-order chi connectivity index (χ0) is 31.7.